The molecular weight excluding hydrogens is 606 g/mol. The van der Waals surface area contributed by atoms with Gasteiger partial charge in [0, 0.05) is 10.7 Å². The second-order valence-electron chi connectivity index (χ2n) is 10.8. The predicted octanol–water partition coefficient (Wildman–Crippen LogP) is 6.60. The fourth-order valence-corrected chi connectivity index (χ4v) is 6.13. The van der Waals surface area contributed by atoms with Crippen LogP contribution in [0.4, 0.5) is 5.69 Å². The third-order valence-corrected chi connectivity index (χ3v) is 8.39. The number of hydrogen-bond donors (Lipinski definition) is 1. The number of fused-ring (bicyclic) bond motifs is 3. The molecule has 1 aromatic heterocycles. The molecule has 2 N–H and O–H groups in total. The van der Waals surface area contributed by atoms with Crippen LogP contribution in [0.5, 0.6) is 17.2 Å². The molecule has 0 aliphatic carbocycles. The third kappa shape index (κ3) is 4.89. The first-order valence-electron chi connectivity index (χ1n) is 14.6. The summed E-state index contributed by atoms with van der Waals surface area (Å²) < 4.78 is 23.2. The molecule has 3 atom stereocenters. The van der Waals surface area contributed by atoms with Crippen molar-refractivity contribution in [2.75, 3.05) is 11.5 Å². The highest BCUT2D eigenvalue weighted by atomic mass is 35.5. The van der Waals surface area contributed by atoms with E-state index in [1.807, 2.05) is 43.3 Å². The first-order chi connectivity index (χ1) is 22.4. The fraction of sp³-hybridized carbons (Fsp3) is 0.139. The Bertz CT molecular complexity index is 2100. The number of para-hydroxylation sites is 1. The van der Waals surface area contributed by atoms with Gasteiger partial charge in [-0.3, -0.25) is 9.69 Å². The molecule has 4 aromatic carbocycles. The number of β-lactam (4-membered cyclic amide) rings is 1. The highest BCUT2D eigenvalue weighted by Crippen LogP contribution is 2.45. The van der Waals surface area contributed by atoms with Crippen molar-refractivity contribution in [3.63, 3.8) is 0 Å². The van der Waals surface area contributed by atoms with E-state index in [2.05, 4.69) is 6.07 Å². The summed E-state index contributed by atoms with van der Waals surface area (Å²) in [5.74, 6) is 0.278. The number of carbonyl (C=O) groups is 1. The minimum absolute atomic E-state index is 0.0867. The molecule has 1 fully saturated rings. The van der Waals surface area contributed by atoms with Gasteiger partial charge in [0.1, 0.15) is 34.8 Å². The number of rotatable bonds is 7. The number of amides is 1. The van der Waals surface area contributed by atoms with Gasteiger partial charge in [0.05, 0.1) is 23.5 Å². The van der Waals surface area contributed by atoms with Gasteiger partial charge in [0.25, 0.3) is 5.91 Å². The summed E-state index contributed by atoms with van der Waals surface area (Å²) in [4.78, 5) is 28.5. The molecule has 1 unspecified atom stereocenters. The van der Waals surface area contributed by atoms with Crippen LogP contribution in [-0.4, -0.2) is 18.6 Å². The van der Waals surface area contributed by atoms with Crippen LogP contribution in [-0.2, 0) is 4.79 Å². The number of ether oxygens (including phenoxy) is 3. The Hall–Kier alpha value is -5.72. The van der Waals surface area contributed by atoms with E-state index in [-0.39, 0.29) is 28.7 Å². The molecule has 2 aliphatic heterocycles. The van der Waals surface area contributed by atoms with Gasteiger partial charge in [-0.15, -0.1) is 0 Å². The van der Waals surface area contributed by atoms with Gasteiger partial charge in [-0.05, 0) is 78.7 Å². The Morgan fingerprint density at radius 1 is 0.913 bits per heavy atom. The molecule has 1 amide bonds. The molecule has 0 radical (unpaired) electrons. The molecule has 3 heterocycles. The van der Waals surface area contributed by atoms with Crippen LogP contribution >= 0.6 is 11.6 Å². The van der Waals surface area contributed by atoms with Crippen molar-refractivity contribution < 1.29 is 23.4 Å². The number of nitriles is 1. The minimum Gasteiger partial charge on any atom is -0.494 e. The van der Waals surface area contributed by atoms with Crippen molar-refractivity contribution in [1.82, 2.24) is 0 Å². The predicted molar refractivity (Wildman–Crippen MR) is 172 cm³/mol. The minimum atomic E-state index is -0.828. The van der Waals surface area contributed by atoms with Crippen molar-refractivity contribution in [2.45, 2.75) is 25.0 Å². The molecular formula is C36H26ClN3O6. The van der Waals surface area contributed by atoms with Crippen LogP contribution in [0.2, 0.25) is 5.02 Å². The maximum absolute atomic E-state index is 13.6. The van der Waals surface area contributed by atoms with Gasteiger partial charge in [-0.2, -0.15) is 5.26 Å². The summed E-state index contributed by atoms with van der Waals surface area (Å²) in [6.45, 7) is 2.45. The number of nitrogens with zero attached hydrogens (tertiary/aromatic N) is 2. The normalized spacial score (nSPS) is 18.8. The summed E-state index contributed by atoms with van der Waals surface area (Å²) in [6, 6.07) is 30.2. The lowest BCUT2D eigenvalue weighted by Crippen LogP contribution is -2.61. The van der Waals surface area contributed by atoms with Crippen LogP contribution in [0.25, 0.3) is 11.0 Å². The van der Waals surface area contributed by atoms with E-state index in [1.165, 1.54) is 0 Å². The second-order valence-corrected chi connectivity index (χ2v) is 11.2. The van der Waals surface area contributed by atoms with Crippen molar-refractivity contribution in [3.05, 3.63) is 141 Å². The van der Waals surface area contributed by atoms with Crippen LogP contribution in [0.1, 0.15) is 35.6 Å². The number of hydrogen-bond acceptors (Lipinski definition) is 8. The zero-order valence-corrected chi connectivity index (χ0v) is 25.2. The molecule has 46 heavy (non-hydrogen) atoms. The molecule has 10 heteroatoms. The van der Waals surface area contributed by atoms with E-state index in [4.69, 9.17) is 36.0 Å². The molecule has 0 bridgehead atoms. The standard InChI is InChI=1S/C36H26ClN3O6/c1-2-43-24-17-13-23(14-18-24)40-31(21-7-11-22(37)12-8-21)33(35(40)41)44-25-15-9-20(10-16-25)29-27(19-38)34(39)46-32-26-5-3-4-6-28(26)45-36(42)30(29)32/h3-18,29,31,33H,2,39H2,1H3/t29?,31-,33+/m0/s1. The van der Waals surface area contributed by atoms with E-state index < -0.39 is 23.7 Å². The Kier molecular flexibility index (Phi) is 7.35. The lowest BCUT2D eigenvalue weighted by atomic mass is 9.84. The molecule has 228 valence electrons. The van der Waals surface area contributed by atoms with Gasteiger partial charge >= 0.3 is 5.63 Å². The van der Waals surface area contributed by atoms with Crippen LogP contribution < -0.4 is 30.5 Å². The van der Waals surface area contributed by atoms with E-state index in [0.717, 1.165) is 5.56 Å². The first kappa shape index (κ1) is 29.0. The number of anilines is 1. The quantitative estimate of drug-likeness (QED) is 0.157. The molecule has 7 rings (SSSR count). The molecule has 2 aliphatic rings. The lowest BCUT2D eigenvalue weighted by Gasteiger charge is -2.46. The highest BCUT2D eigenvalue weighted by molar-refractivity contribution is 6.30. The largest absolute Gasteiger partial charge is 0.494 e. The smallest absolute Gasteiger partial charge is 0.344 e. The SMILES string of the molecule is CCOc1ccc(N2C(=O)[C@H](Oc3ccc(C4C(C#N)=C(N)Oc5c4c(=O)oc4ccccc54)cc3)[C@@H]2c2ccc(Cl)cc2)cc1. The topological polar surface area (TPSA) is 128 Å². The summed E-state index contributed by atoms with van der Waals surface area (Å²) in [5.41, 5.74) is 8.36. The van der Waals surface area contributed by atoms with Gasteiger partial charge in [0.15, 0.2) is 5.75 Å². The maximum atomic E-state index is 13.6. The zero-order valence-electron chi connectivity index (χ0n) is 24.5. The van der Waals surface area contributed by atoms with Gasteiger partial charge in [0.2, 0.25) is 12.0 Å². The van der Waals surface area contributed by atoms with Gasteiger partial charge in [-0.1, -0.05) is 48.0 Å². The first-order valence-corrected chi connectivity index (χ1v) is 15.0. The van der Waals surface area contributed by atoms with E-state index in [9.17, 15) is 14.9 Å². The third-order valence-electron chi connectivity index (χ3n) is 8.13. The Morgan fingerprint density at radius 2 is 1.59 bits per heavy atom. The molecule has 0 spiro atoms. The van der Waals surface area contributed by atoms with E-state index in [1.54, 1.807) is 65.6 Å². The highest BCUT2D eigenvalue weighted by Gasteiger charge is 2.51. The van der Waals surface area contributed by atoms with Gasteiger partial charge < -0.3 is 24.4 Å². The zero-order chi connectivity index (χ0) is 31.9. The summed E-state index contributed by atoms with van der Waals surface area (Å²) in [5, 5.41) is 11.1. The number of carbonyl (C=O) groups excluding carboxylic acids is 1. The lowest BCUT2D eigenvalue weighted by molar-refractivity contribution is -0.135. The Labute approximate surface area is 268 Å². The van der Waals surface area contributed by atoms with Crippen molar-refractivity contribution >= 4 is 34.2 Å². The van der Waals surface area contributed by atoms with E-state index >= 15 is 0 Å². The number of nitrogens with two attached hydrogens (primary N) is 1. The number of benzene rings is 4. The maximum Gasteiger partial charge on any atom is 0.344 e. The van der Waals surface area contributed by atoms with Crippen LogP contribution in [0, 0.1) is 11.3 Å². The Balaban J connectivity index is 1.21. The van der Waals surface area contributed by atoms with Crippen LogP contribution in [0.15, 0.2) is 118 Å². The average Bonchev–Trinajstić information content (AvgIpc) is 3.07. The second kappa shape index (κ2) is 11.7. The fourth-order valence-electron chi connectivity index (χ4n) is 6.00. The summed E-state index contributed by atoms with van der Waals surface area (Å²) >= 11 is 6.16. The molecule has 0 saturated carbocycles. The monoisotopic (exact) mass is 631 g/mol. The van der Waals surface area contributed by atoms with Gasteiger partial charge in [-0.25, -0.2) is 4.79 Å². The summed E-state index contributed by atoms with van der Waals surface area (Å²) in [6.07, 6.45) is -0.814. The number of halogens is 1. The Morgan fingerprint density at radius 3 is 2.28 bits per heavy atom. The molecule has 9 nitrogen and oxygen atoms in total. The molecule has 5 aromatic rings. The van der Waals surface area contributed by atoms with Crippen molar-refractivity contribution in [1.29, 1.82) is 5.26 Å². The molecule has 1 saturated heterocycles. The average molecular weight is 632 g/mol. The summed E-state index contributed by atoms with van der Waals surface area (Å²) in [7, 11) is 0. The van der Waals surface area contributed by atoms with Crippen molar-refractivity contribution in [2.24, 2.45) is 5.73 Å². The van der Waals surface area contributed by atoms with Crippen LogP contribution in [0.3, 0.4) is 0 Å². The van der Waals surface area contributed by atoms with Crippen molar-refractivity contribution in [3.8, 4) is 23.3 Å². The number of allylic oxidation sites excluding steroid dienone is 1. The van der Waals surface area contributed by atoms with E-state index in [0.29, 0.717) is 45.3 Å².